The molecule has 0 bridgehead atoms. The van der Waals surface area contributed by atoms with Gasteiger partial charge in [0.25, 0.3) is 0 Å². The summed E-state index contributed by atoms with van der Waals surface area (Å²) in [4.78, 5) is 60.9. The maximum atomic E-state index is 12.2. The lowest BCUT2D eigenvalue weighted by Crippen LogP contribution is -2.39. The normalized spacial score (nSPS) is 16.9. The van der Waals surface area contributed by atoms with Gasteiger partial charge in [0.2, 0.25) is 0 Å². The van der Waals surface area contributed by atoms with Crippen LogP contribution < -0.4 is 14.7 Å². The van der Waals surface area contributed by atoms with Crippen molar-refractivity contribution in [3.63, 3.8) is 0 Å². The molecule has 19 heteroatoms. The van der Waals surface area contributed by atoms with Crippen molar-refractivity contribution in [2.75, 3.05) is 106 Å². The number of carbonyl (C=O) groups is 3. The van der Waals surface area contributed by atoms with Gasteiger partial charge in [-0.15, -0.1) is 0 Å². The molecular formula is C52H80Cl3N9O7. The second-order valence-electron chi connectivity index (χ2n) is 21.1. The molecule has 0 unspecified atom stereocenters. The molecule has 3 aromatic heterocycles. The monoisotopic (exact) mass is 1050 g/mol. The van der Waals surface area contributed by atoms with Gasteiger partial charge in [-0.25, -0.2) is 14.4 Å². The highest BCUT2D eigenvalue weighted by atomic mass is 35.5. The Labute approximate surface area is 438 Å². The van der Waals surface area contributed by atoms with E-state index in [4.69, 9.17) is 53.8 Å². The van der Waals surface area contributed by atoms with Crippen LogP contribution in [0.3, 0.4) is 0 Å². The second kappa shape index (κ2) is 27.5. The highest BCUT2D eigenvalue weighted by molar-refractivity contribution is 6.39. The maximum Gasteiger partial charge on any atom is 0.410 e. The number of ether oxygens (including phenoxy) is 4. The minimum atomic E-state index is -0.485. The van der Waals surface area contributed by atoms with Crippen LogP contribution in [0.1, 0.15) is 111 Å². The van der Waals surface area contributed by atoms with E-state index in [0.29, 0.717) is 54.3 Å². The number of hydrogen-bond acceptors (Lipinski definition) is 13. The summed E-state index contributed by atoms with van der Waals surface area (Å²) >= 11 is 18.7. The molecule has 4 aliphatic rings. The van der Waals surface area contributed by atoms with Crippen molar-refractivity contribution < 1.29 is 33.3 Å². The third-order valence-corrected chi connectivity index (χ3v) is 12.2. The highest BCUT2D eigenvalue weighted by Crippen LogP contribution is 2.34. The van der Waals surface area contributed by atoms with E-state index in [1.54, 1.807) is 28.4 Å². The molecular weight excluding hydrogens is 969 g/mol. The summed E-state index contributed by atoms with van der Waals surface area (Å²) < 4.78 is 21.3. The van der Waals surface area contributed by atoms with E-state index >= 15 is 0 Å². The molecule has 0 aromatic carbocycles. The molecule has 7 heterocycles. The van der Waals surface area contributed by atoms with E-state index in [0.717, 1.165) is 88.7 Å². The number of aryl methyl sites for hydroxylation is 3. The molecule has 0 spiro atoms. The Hall–Kier alpha value is -4.51. The van der Waals surface area contributed by atoms with E-state index in [1.807, 2.05) is 92.7 Å². The van der Waals surface area contributed by atoms with Crippen LogP contribution >= 0.6 is 34.8 Å². The third-order valence-electron chi connectivity index (χ3n) is 11.4. The summed E-state index contributed by atoms with van der Waals surface area (Å²) in [6.45, 7) is 34.0. The fourth-order valence-electron chi connectivity index (χ4n) is 8.29. The van der Waals surface area contributed by atoms with Crippen LogP contribution in [0.4, 0.5) is 31.4 Å². The van der Waals surface area contributed by atoms with Gasteiger partial charge in [-0.1, -0.05) is 34.8 Å². The van der Waals surface area contributed by atoms with Crippen molar-refractivity contribution in [3.8, 4) is 0 Å². The van der Waals surface area contributed by atoms with Gasteiger partial charge >= 0.3 is 18.3 Å². The number of aromatic nitrogens is 3. The Balaban J connectivity index is 0.000000220. The van der Waals surface area contributed by atoms with Crippen molar-refractivity contribution >= 4 is 70.1 Å². The van der Waals surface area contributed by atoms with E-state index in [1.165, 1.54) is 29.7 Å². The first-order valence-electron chi connectivity index (χ1n) is 24.9. The molecule has 3 amide bonds. The Morgan fingerprint density at radius 3 is 1.04 bits per heavy atom. The van der Waals surface area contributed by atoms with Crippen molar-refractivity contribution in [1.29, 1.82) is 0 Å². The van der Waals surface area contributed by atoms with Crippen LogP contribution in [0.25, 0.3) is 0 Å². The summed E-state index contributed by atoms with van der Waals surface area (Å²) in [5.74, 6) is 0. The van der Waals surface area contributed by atoms with Crippen LogP contribution in [0.2, 0.25) is 15.1 Å². The zero-order valence-electron chi connectivity index (χ0n) is 44.4. The van der Waals surface area contributed by atoms with Gasteiger partial charge in [-0.3, -0.25) is 15.0 Å². The Morgan fingerprint density at radius 1 is 0.423 bits per heavy atom. The first-order valence-corrected chi connectivity index (χ1v) is 26.0. The van der Waals surface area contributed by atoms with Gasteiger partial charge in [0.1, 0.15) is 16.8 Å². The molecule has 4 saturated heterocycles. The predicted octanol–water partition coefficient (Wildman–Crippen LogP) is 11.3. The number of halogens is 3. The number of anilines is 3. The van der Waals surface area contributed by atoms with Crippen molar-refractivity contribution in [2.45, 2.75) is 132 Å². The van der Waals surface area contributed by atoms with Gasteiger partial charge in [0.15, 0.2) is 0 Å². The van der Waals surface area contributed by atoms with Crippen molar-refractivity contribution in [3.05, 3.63) is 68.9 Å². The number of hydrogen-bond donors (Lipinski definition) is 0. The quantitative estimate of drug-likeness (QED) is 0.230. The molecule has 71 heavy (non-hydrogen) atoms. The molecule has 16 nitrogen and oxygen atoms in total. The standard InChI is InChI=1S/C17H27N3O2.C16H24ClN3O2.C15H21Cl2N3O2.C4H8O/c1-13-11-18-12-14(2)15(13)19-7-6-8-20(10-9-19)16(21)22-17(3,4)5;1-12-10-18-11-13(17)14(12)19-6-5-7-20(9-8-19)15(21)22-16(2,3)4;1-15(2,3)22-14(21)20-6-4-5-19(7-8-20)13-11(16)9-18-10-12(13)17;1-2-4-5-3-1/h11-12H,6-10H2,1-5H3;10-11H,5-9H2,1-4H3;9-10H,4-8H2,1-3H3;1-4H2. The Kier molecular flexibility index (Phi) is 22.9. The third kappa shape index (κ3) is 20.1. The summed E-state index contributed by atoms with van der Waals surface area (Å²) in [6, 6.07) is 0. The average molecular weight is 1050 g/mol. The molecule has 0 aliphatic carbocycles. The van der Waals surface area contributed by atoms with E-state index in [9.17, 15) is 14.4 Å². The molecule has 396 valence electrons. The first-order chi connectivity index (χ1) is 33.3. The van der Waals surface area contributed by atoms with Gasteiger partial charge in [0, 0.05) is 135 Å². The molecule has 0 atom stereocenters. The molecule has 4 aliphatic heterocycles. The largest absolute Gasteiger partial charge is 0.444 e. The highest BCUT2D eigenvalue weighted by Gasteiger charge is 2.29. The van der Waals surface area contributed by atoms with E-state index in [-0.39, 0.29) is 18.3 Å². The lowest BCUT2D eigenvalue weighted by molar-refractivity contribution is 0.0252. The van der Waals surface area contributed by atoms with Crippen LogP contribution in [-0.2, 0) is 18.9 Å². The van der Waals surface area contributed by atoms with Crippen LogP contribution in [0, 0.1) is 20.8 Å². The lowest BCUT2D eigenvalue weighted by Gasteiger charge is -2.28. The Morgan fingerprint density at radius 2 is 0.718 bits per heavy atom. The predicted molar refractivity (Wildman–Crippen MR) is 286 cm³/mol. The smallest absolute Gasteiger partial charge is 0.410 e. The fraction of sp³-hybridized carbons (Fsp3) is 0.654. The molecule has 0 N–H and O–H groups in total. The zero-order valence-corrected chi connectivity index (χ0v) is 46.7. The number of pyridine rings is 3. The van der Waals surface area contributed by atoms with Crippen LogP contribution in [0.15, 0.2) is 37.2 Å². The number of nitrogens with zero attached hydrogens (tertiary/aromatic N) is 9. The first kappa shape index (κ1) is 59.1. The van der Waals surface area contributed by atoms with Gasteiger partial charge in [-0.05, 0) is 132 Å². The van der Waals surface area contributed by atoms with E-state index < -0.39 is 16.8 Å². The Bertz CT molecular complexity index is 1880. The lowest BCUT2D eigenvalue weighted by atomic mass is 10.1. The van der Waals surface area contributed by atoms with Gasteiger partial charge in [0.05, 0.1) is 26.4 Å². The topological polar surface area (TPSA) is 146 Å². The van der Waals surface area contributed by atoms with Crippen molar-refractivity contribution in [2.24, 2.45) is 0 Å². The molecule has 0 radical (unpaired) electrons. The van der Waals surface area contributed by atoms with Gasteiger partial charge < -0.3 is 48.3 Å². The number of amides is 3. The van der Waals surface area contributed by atoms with Crippen LogP contribution in [-0.4, -0.2) is 156 Å². The van der Waals surface area contributed by atoms with Crippen molar-refractivity contribution in [1.82, 2.24) is 29.7 Å². The SMILES string of the molecule is C1CCOC1.CC(C)(C)OC(=O)N1CCCN(c2c(Cl)cncc2Cl)CC1.Cc1cncc(C)c1N1CCCN(C(=O)OC(C)(C)C)CC1.Cc1cncc(Cl)c1N1CCCN(C(=O)OC(C)(C)C)CC1. The summed E-state index contributed by atoms with van der Waals surface area (Å²) in [6.07, 6.45) is 14.9. The fourth-order valence-corrected chi connectivity index (χ4v) is 9.21. The molecule has 4 fully saturated rings. The minimum Gasteiger partial charge on any atom is -0.444 e. The van der Waals surface area contributed by atoms with Crippen LogP contribution in [0.5, 0.6) is 0 Å². The zero-order chi connectivity index (χ0) is 52.5. The summed E-state index contributed by atoms with van der Waals surface area (Å²) in [7, 11) is 0. The average Bonchev–Trinajstić information content (AvgIpc) is 3.47. The van der Waals surface area contributed by atoms with Gasteiger partial charge in [-0.2, -0.15) is 0 Å². The second-order valence-corrected chi connectivity index (χ2v) is 22.3. The molecule has 3 aromatic rings. The molecule has 0 saturated carbocycles. The van der Waals surface area contributed by atoms with E-state index in [2.05, 4.69) is 43.5 Å². The number of carbonyl (C=O) groups excluding carboxylic acids is 3. The minimum absolute atomic E-state index is 0.211. The number of rotatable bonds is 3. The summed E-state index contributed by atoms with van der Waals surface area (Å²) in [5, 5.41) is 1.71. The summed E-state index contributed by atoms with van der Waals surface area (Å²) in [5.41, 5.74) is 5.08. The molecule has 7 rings (SSSR count). The maximum absolute atomic E-state index is 12.2.